The zero-order valence-corrected chi connectivity index (χ0v) is 18.4. The Hall–Kier alpha value is -0.440. The lowest BCUT2D eigenvalue weighted by Gasteiger charge is -2.38. The Balaban J connectivity index is 1.27. The van der Waals surface area contributed by atoms with Gasteiger partial charge in [-0.2, -0.15) is 0 Å². The summed E-state index contributed by atoms with van der Waals surface area (Å²) in [6.45, 7) is 5.88. The van der Waals surface area contributed by atoms with Gasteiger partial charge in [0.15, 0.2) is 0 Å². The average Bonchev–Trinajstić information content (AvgIpc) is 3.41. The fourth-order valence-electron chi connectivity index (χ4n) is 5.19. The van der Waals surface area contributed by atoms with Crippen molar-refractivity contribution in [2.75, 3.05) is 67.2 Å². The second kappa shape index (κ2) is 9.59. The molecule has 174 valence electrons. The summed E-state index contributed by atoms with van der Waals surface area (Å²) in [6.07, 6.45) is -1.83. The van der Waals surface area contributed by atoms with Crippen molar-refractivity contribution in [2.24, 2.45) is 5.73 Å². The van der Waals surface area contributed by atoms with Crippen molar-refractivity contribution >= 4 is 0 Å². The molecule has 4 unspecified atom stereocenters. The van der Waals surface area contributed by atoms with Crippen LogP contribution in [0.3, 0.4) is 0 Å². The van der Waals surface area contributed by atoms with Crippen molar-refractivity contribution in [3.63, 3.8) is 0 Å². The van der Waals surface area contributed by atoms with Gasteiger partial charge in [0.25, 0.3) is 0 Å². The highest BCUT2D eigenvalue weighted by atomic mass is 16.6. The van der Waals surface area contributed by atoms with E-state index in [0.29, 0.717) is 25.9 Å². The zero-order valence-electron chi connectivity index (χ0n) is 18.4. The van der Waals surface area contributed by atoms with E-state index in [2.05, 4.69) is 44.7 Å². The van der Waals surface area contributed by atoms with Crippen molar-refractivity contribution in [1.82, 2.24) is 35.6 Å². The van der Waals surface area contributed by atoms with Crippen LogP contribution in [0.25, 0.3) is 0 Å². The van der Waals surface area contributed by atoms with Crippen LogP contribution in [0.5, 0.6) is 0 Å². The number of likely N-dealkylation sites (tertiary alicyclic amines) is 1. The second-order valence-electron chi connectivity index (χ2n) is 9.45. The molecule has 11 nitrogen and oxygen atoms in total. The Labute approximate surface area is 179 Å². The molecule has 8 atom stereocenters. The van der Waals surface area contributed by atoms with Crippen molar-refractivity contribution in [3.8, 4) is 0 Å². The first-order valence-electron chi connectivity index (χ1n) is 11.2. The molecule has 30 heavy (non-hydrogen) atoms. The minimum Gasteiger partial charge on any atom is -0.387 e. The second-order valence-corrected chi connectivity index (χ2v) is 9.45. The number of hydrogen-bond donors (Lipinski definition) is 6. The number of likely N-dealkylation sites (N-methyl/N-ethyl adjacent to an activating group) is 3. The largest absolute Gasteiger partial charge is 0.387 e. The molecule has 0 aromatic heterocycles. The van der Waals surface area contributed by atoms with E-state index in [9.17, 15) is 10.2 Å². The molecule has 4 saturated heterocycles. The lowest BCUT2D eigenvalue weighted by molar-refractivity contribution is -0.106. The summed E-state index contributed by atoms with van der Waals surface area (Å²) in [5.41, 5.74) is 6.14. The van der Waals surface area contributed by atoms with Gasteiger partial charge in [-0.3, -0.25) is 16.0 Å². The fraction of sp³-hybridized carbons (Fsp3) is 1.00. The third-order valence-electron chi connectivity index (χ3n) is 7.22. The topological polar surface area (TPSA) is 125 Å². The third-order valence-corrected chi connectivity index (χ3v) is 7.22. The molecule has 0 aromatic rings. The van der Waals surface area contributed by atoms with E-state index >= 15 is 0 Å². The molecule has 7 N–H and O–H groups in total. The van der Waals surface area contributed by atoms with E-state index in [0.717, 1.165) is 26.2 Å². The van der Waals surface area contributed by atoms with Crippen LogP contribution < -0.4 is 21.7 Å². The number of aliphatic hydroxyl groups is 2. The van der Waals surface area contributed by atoms with Gasteiger partial charge in [-0.15, -0.1) is 0 Å². The summed E-state index contributed by atoms with van der Waals surface area (Å²) in [6, 6.07) is 0.640. The lowest BCUT2D eigenvalue weighted by Crippen LogP contribution is -2.68. The molecule has 11 heteroatoms. The first kappa shape index (κ1) is 22.7. The van der Waals surface area contributed by atoms with Gasteiger partial charge >= 0.3 is 0 Å². The lowest BCUT2D eigenvalue weighted by atomic mass is 10.1. The van der Waals surface area contributed by atoms with Gasteiger partial charge in [0.05, 0.1) is 25.0 Å². The molecule has 0 amide bonds. The molecule has 0 bridgehead atoms. The maximum atomic E-state index is 10.7. The van der Waals surface area contributed by atoms with E-state index in [1.165, 1.54) is 6.42 Å². The number of fused-ring (bicyclic) bond motifs is 1. The van der Waals surface area contributed by atoms with E-state index in [1.54, 1.807) is 0 Å². The van der Waals surface area contributed by atoms with E-state index in [-0.39, 0.29) is 18.4 Å². The fourth-order valence-corrected chi connectivity index (χ4v) is 5.19. The number of nitrogens with two attached hydrogens (primary N) is 1. The highest BCUT2D eigenvalue weighted by molar-refractivity contribution is 5.01. The van der Waals surface area contributed by atoms with Crippen LogP contribution in [0, 0.1) is 0 Å². The van der Waals surface area contributed by atoms with Gasteiger partial charge in [-0.25, -0.2) is 4.90 Å². The quantitative estimate of drug-likeness (QED) is 0.238. The van der Waals surface area contributed by atoms with Crippen molar-refractivity contribution in [1.29, 1.82) is 0 Å². The number of aliphatic hydroxyl groups excluding tert-OH is 2. The van der Waals surface area contributed by atoms with Gasteiger partial charge in [0.2, 0.25) is 0 Å². The van der Waals surface area contributed by atoms with Crippen LogP contribution in [0.15, 0.2) is 0 Å². The maximum Gasteiger partial charge on any atom is 0.142 e. The Morgan fingerprint density at radius 1 is 1.13 bits per heavy atom. The Morgan fingerprint density at radius 3 is 2.67 bits per heavy atom. The van der Waals surface area contributed by atoms with Crippen LogP contribution in [0.1, 0.15) is 6.42 Å². The number of rotatable bonds is 7. The molecule has 4 aliphatic rings. The van der Waals surface area contributed by atoms with Crippen LogP contribution in [-0.2, 0) is 4.74 Å². The number of ether oxygens (including phenoxy) is 1. The van der Waals surface area contributed by atoms with Gasteiger partial charge in [-0.05, 0) is 34.1 Å². The molecule has 0 radical (unpaired) electrons. The van der Waals surface area contributed by atoms with Crippen molar-refractivity contribution in [3.05, 3.63) is 0 Å². The van der Waals surface area contributed by atoms with Crippen LogP contribution in [-0.4, -0.2) is 146 Å². The highest BCUT2D eigenvalue weighted by Gasteiger charge is 2.51. The van der Waals surface area contributed by atoms with E-state index < -0.39 is 24.5 Å². The zero-order chi connectivity index (χ0) is 21.4. The van der Waals surface area contributed by atoms with Crippen LogP contribution in [0.4, 0.5) is 0 Å². The molecule has 0 saturated carbocycles. The first-order chi connectivity index (χ1) is 14.3. The van der Waals surface area contributed by atoms with E-state index in [1.807, 2.05) is 11.9 Å². The standard InChI is InChI=1S/C19H40N8O3/c1-24-5-4-12(8-24)26(3)7-6-25(2)9-13-15(28)16(29)19(30-13)27-11-23-14-17(20)21-10-22-18(14)27/h12-19,21-23,28-29H,4-11,20H2,1-3H3/t12?,13-,14?,15-,16-,17?,18?,19-/m1/s1. The number of nitrogens with one attached hydrogen (secondary N) is 3. The monoisotopic (exact) mass is 428 g/mol. The van der Waals surface area contributed by atoms with Crippen molar-refractivity contribution < 1.29 is 14.9 Å². The molecule has 4 fully saturated rings. The number of nitrogens with zero attached hydrogens (tertiary/aromatic N) is 4. The number of hydrogen-bond acceptors (Lipinski definition) is 11. The normalized spacial score (nSPS) is 43.2. The summed E-state index contributed by atoms with van der Waals surface area (Å²) in [4.78, 5) is 9.01. The molecular weight excluding hydrogens is 388 g/mol. The molecular formula is C19H40N8O3. The summed E-state index contributed by atoms with van der Waals surface area (Å²) >= 11 is 0. The SMILES string of the molecule is CN1CCC(N(C)CCN(C)C[C@H]2O[C@@H](N3CNC4C(N)NCNC43)[C@H](O)[C@@H]2O)C1. The van der Waals surface area contributed by atoms with Crippen LogP contribution in [0.2, 0.25) is 0 Å². The summed E-state index contributed by atoms with van der Waals surface area (Å²) < 4.78 is 6.17. The average molecular weight is 429 g/mol. The Bertz CT molecular complexity index is 574. The predicted molar refractivity (Wildman–Crippen MR) is 113 cm³/mol. The molecule has 4 heterocycles. The maximum absolute atomic E-state index is 10.7. The smallest absolute Gasteiger partial charge is 0.142 e. The van der Waals surface area contributed by atoms with Gasteiger partial charge < -0.3 is 35.4 Å². The predicted octanol–water partition coefficient (Wildman–Crippen LogP) is -4.01. The molecule has 0 aliphatic carbocycles. The summed E-state index contributed by atoms with van der Waals surface area (Å²) in [7, 11) is 6.41. The minimum atomic E-state index is -0.950. The minimum absolute atomic E-state index is 0.0265. The summed E-state index contributed by atoms with van der Waals surface area (Å²) in [5, 5.41) is 31.3. The first-order valence-corrected chi connectivity index (χ1v) is 11.2. The third kappa shape index (κ3) is 4.66. The van der Waals surface area contributed by atoms with Crippen LogP contribution >= 0.6 is 0 Å². The molecule has 0 spiro atoms. The molecule has 4 rings (SSSR count). The van der Waals surface area contributed by atoms with Crippen molar-refractivity contribution in [2.45, 2.75) is 55.4 Å². The molecule has 0 aromatic carbocycles. The molecule has 4 aliphatic heterocycles. The Morgan fingerprint density at radius 2 is 1.93 bits per heavy atom. The van der Waals surface area contributed by atoms with Gasteiger partial charge in [-0.1, -0.05) is 0 Å². The summed E-state index contributed by atoms with van der Waals surface area (Å²) in [5.74, 6) is 0. The van der Waals surface area contributed by atoms with E-state index in [4.69, 9.17) is 10.5 Å². The van der Waals surface area contributed by atoms with Gasteiger partial charge in [0.1, 0.15) is 24.5 Å². The highest BCUT2D eigenvalue weighted by Crippen LogP contribution is 2.28. The Kier molecular flexibility index (Phi) is 7.27. The van der Waals surface area contributed by atoms with Gasteiger partial charge in [0, 0.05) is 38.9 Å².